The molecule has 1 heterocycles. The van der Waals surface area contributed by atoms with Gasteiger partial charge in [-0.25, -0.2) is 13.1 Å². The lowest BCUT2D eigenvalue weighted by molar-refractivity contribution is 0.0950. The van der Waals surface area contributed by atoms with Crippen molar-refractivity contribution in [3.63, 3.8) is 0 Å². The number of hydrogen-bond acceptors (Lipinski definition) is 4. The molecule has 0 aliphatic carbocycles. The third-order valence-electron chi connectivity index (χ3n) is 2.96. The van der Waals surface area contributed by atoms with E-state index in [1.165, 1.54) is 6.20 Å². The third kappa shape index (κ3) is 5.97. The molecule has 2 aromatic rings. The van der Waals surface area contributed by atoms with Gasteiger partial charge in [0.2, 0.25) is 10.0 Å². The molecule has 1 amide bonds. The zero-order valence-electron chi connectivity index (χ0n) is 12.4. The van der Waals surface area contributed by atoms with Gasteiger partial charge >= 0.3 is 0 Å². The molecule has 0 saturated carbocycles. The summed E-state index contributed by atoms with van der Waals surface area (Å²) >= 11 is 5.81. The number of sulfonamides is 1. The van der Waals surface area contributed by atoms with Crippen LogP contribution in [0.15, 0.2) is 42.6 Å². The Morgan fingerprint density at radius 1 is 1.17 bits per heavy atom. The largest absolute Gasteiger partial charge is 0.348 e. The standard InChI is InChI=1S/C15H16ClN3O3S/c1-23(21,22)19-10-14-8-12(6-7-17-14)15(20)18-9-11-2-4-13(16)5-3-11/h2-8,19H,9-10H2,1H3,(H,18,20). The highest BCUT2D eigenvalue weighted by Gasteiger charge is 2.08. The average Bonchev–Trinajstić information content (AvgIpc) is 2.52. The molecule has 122 valence electrons. The van der Waals surface area contributed by atoms with Crippen molar-refractivity contribution in [3.8, 4) is 0 Å². The smallest absolute Gasteiger partial charge is 0.251 e. The highest BCUT2D eigenvalue weighted by molar-refractivity contribution is 7.88. The van der Waals surface area contributed by atoms with Crippen LogP contribution in [0.2, 0.25) is 5.02 Å². The third-order valence-corrected chi connectivity index (χ3v) is 3.88. The molecule has 23 heavy (non-hydrogen) atoms. The first-order valence-electron chi connectivity index (χ1n) is 6.76. The predicted molar refractivity (Wildman–Crippen MR) is 88.5 cm³/mol. The van der Waals surface area contributed by atoms with Crippen LogP contribution in [0.25, 0.3) is 0 Å². The minimum absolute atomic E-state index is 0.0388. The van der Waals surface area contributed by atoms with E-state index < -0.39 is 10.0 Å². The van der Waals surface area contributed by atoms with E-state index in [4.69, 9.17) is 11.6 Å². The van der Waals surface area contributed by atoms with Gasteiger partial charge < -0.3 is 5.32 Å². The van der Waals surface area contributed by atoms with E-state index in [2.05, 4.69) is 15.0 Å². The molecule has 1 aromatic heterocycles. The van der Waals surface area contributed by atoms with Crippen molar-refractivity contribution in [3.05, 3.63) is 64.4 Å². The summed E-state index contributed by atoms with van der Waals surface area (Å²) in [6.45, 7) is 0.409. The monoisotopic (exact) mass is 353 g/mol. The summed E-state index contributed by atoms with van der Waals surface area (Å²) in [6.07, 6.45) is 2.53. The van der Waals surface area contributed by atoms with Crippen molar-refractivity contribution in [2.75, 3.05) is 6.26 Å². The predicted octanol–water partition coefficient (Wildman–Crippen LogP) is 1.71. The fourth-order valence-corrected chi connectivity index (χ4v) is 2.34. The Balaban J connectivity index is 1.97. The molecule has 0 saturated heterocycles. The van der Waals surface area contributed by atoms with Crippen LogP contribution in [0.5, 0.6) is 0 Å². The molecule has 1 aromatic carbocycles. The molecule has 0 radical (unpaired) electrons. The topological polar surface area (TPSA) is 88.2 Å². The number of aromatic nitrogens is 1. The van der Waals surface area contributed by atoms with Crippen LogP contribution in [0.3, 0.4) is 0 Å². The summed E-state index contributed by atoms with van der Waals surface area (Å²) < 4.78 is 24.5. The van der Waals surface area contributed by atoms with Crippen molar-refractivity contribution in [1.29, 1.82) is 0 Å². The van der Waals surface area contributed by atoms with Gasteiger partial charge in [-0.05, 0) is 29.8 Å². The molecule has 6 nitrogen and oxygen atoms in total. The lowest BCUT2D eigenvalue weighted by Gasteiger charge is -2.07. The van der Waals surface area contributed by atoms with Crippen molar-refractivity contribution in [1.82, 2.24) is 15.0 Å². The molecular formula is C15H16ClN3O3S. The first kappa shape index (κ1) is 17.4. The molecule has 0 unspecified atom stereocenters. The molecule has 0 aliphatic heterocycles. The Labute approximate surface area is 139 Å². The van der Waals surface area contributed by atoms with Crippen LogP contribution in [-0.2, 0) is 23.1 Å². The van der Waals surface area contributed by atoms with Gasteiger partial charge in [-0.1, -0.05) is 23.7 Å². The van der Waals surface area contributed by atoms with Gasteiger partial charge in [-0.3, -0.25) is 9.78 Å². The summed E-state index contributed by atoms with van der Waals surface area (Å²) in [5, 5.41) is 3.42. The quantitative estimate of drug-likeness (QED) is 0.827. The lowest BCUT2D eigenvalue weighted by Crippen LogP contribution is -2.24. The second-order valence-corrected chi connectivity index (χ2v) is 7.21. The number of pyridine rings is 1. The Morgan fingerprint density at radius 3 is 2.52 bits per heavy atom. The van der Waals surface area contributed by atoms with E-state index in [-0.39, 0.29) is 12.5 Å². The Bertz CT molecular complexity index is 792. The number of amides is 1. The SMILES string of the molecule is CS(=O)(=O)NCc1cc(C(=O)NCc2ccc(Cl)cc2)ccn1. The van der Waals surface area contributed by atoms with E-state index in [1.54, 1.807) is 24.3 Å². The van der Waals surface area contributed by atoms with Gasteiger partial charge in [0.1, 0.15) is 0 Å². The summed E-state index contributed by atoms with van der Waals surface area (Å²) in [5.74, 6) is -0.261. The number of nitrogens with one attached hydrogen (secondary N) is 2. The van der Waals surface area contributed by atoms with Crippen LogP contribution in [0.1, 0.15) is 21.6 Å². The van der Waals surface area contributed by atoms with Gasteiger partial charge in [0, 0.05) is 23.3 Å². The van der Waals surface area contributed by atoms with Crippen LogP contribution in [0, 0.1) is 0 Å². The fourth-order valence-electron chi connectivity index (χ4n) is 1.81. The summed E-state index contributed by atoms with van der Waals surface area (Å²) in [6, 6.07) is 10.3. The van der Waals surface area contributed by atoms with Crippen molar-refractivity contribution < 1.29 is 13.2 Å². The summed E-state index contributed by atoms with van der Waals surface area (Å²) in [4.78, 5) is 16.2. The number of hydrogen-bond donors (Lipinski definition) is 2. The van der Waals surface area contributed by atoms with E-state index >= 15 is 0 Å². The summed E-state index contributed by atoms with van der Waals surface area (Å²) in [7, 11) is -3.31. The molecule has 2 rings (SSSR count). The number of nitrogens with zero attached hydrogens (tertiary/aromatic N) is 1. The zero-order chi connectivity index (χ0) is 16.9. The van der Waals surface area contributed by atoms with Crippen LogP contribution in [0.4, 0.5) is 0 Å². The van der Waals surface area contributed by atoms with Crippen LogP contribution in [-0.4, -0.2) is 25.6 Å². The summed E-state index contributed by atoms with van der Waals surface area (Å²) in [5.41, 5.74) is 1.81. The maximum Gasteiger partial charge on any atom is 0.251 e. The number of benzene rings is 1. The van der Waals surface area contributed by atoms with E-state index in [0.717, 1.165) is 11.8 Å². The first-order valence-corrected chi connectivity index (χ1v) is 9.02. The van der Waals surface area contributed by atoms with Gasteiger partial charge in [-0.2, -0.15) is 0 Å². The minimum Gasteiger partial charge on any atom is -0.348 e. The average molecular weight is 354 g/mol. The van der Waals surface area contributed by atoms with E-state index in [0.29, 0.717) is 22.8 Å². The Hall–Kier alpha value is -1.96. The molecule has 0 aliphatic rings. The second kappa shape index (κ2) is 7.54. The number of halogens is 1. The van der Waals surface area contributed by atoms with E-state index in [1.807, 2.05) is 12.1 Å². The van der Waals surface area contributed by atoms with E-state index in [9.17, 15) is 13.2 Å². The van der Waals surface area contributed by atoms with Crippen LogP contribution < -0.4 is 10.0 Å². The fraction of sp³-hybridized carbons (Fsp3) is 0.200. The Morgan fingerprint density at radius 2 is 1.87 bits per heavy atom. The molecule has 0 spiro atoms. The highest BCUT2D eigenvalue weighted by atomic mass is 35.5. The lowest BCUT2D eigenvalue weighted by atomic mass is 10.2. The maximum atomic E-state index is 12.1. The number of carbonyl (C=O) groups is 1. The highest BCUT2D eigenvalue weighted by Crippen LogP contribution is 2.09. The van der Waals surface area contributed by atoms with Gasteiger partial charge in [0.25, 0.3) is 5.91 Å². The second-order valence-electron chi connectivity index (χ2n) is 4.94. The van der Waals surface area contributed by atoms with Gasteiger partial charge in [0.05, 0.1) is 18.5 Å². The normalized spacial score (nSPS) is 11.2. The zero-order valence-corrected chi connectivity index (χ0v) is 14.0. The molecule has 0 fully saturated rings. The molecule has 0 bridgehead atoms. The van der Waals surface area contributed by atoms with Crippen molar-refractivity contribution in [2.24, 2.45) is 0 Å². The van der Waals surface area contributed by atoms with Crippen LogP contribution >= 0.6 is 11.6 Å². The maximum absolute atomic E-state index is 12.1. The van der Waals surface area contributed by atoms with Gasteiger partial charge in [0.15, 0.2) is 0 Å². The molecular weight excluding hydrogens is 338 g/mol. The van der Waals surface area contributed by atoms with Crippen molar-refractivity contribution >= 4 is 27.5 Å². The van der Waals surface area contributed by atoms with Gasteiger partial charge in [-0.15, -0.1) is 0 Å². The minimum atomic E-state index is -3.31. The Kier molecular flexibility index (Phi) is 5.70. The first-order chi connectivity index (χ1) is 10.8. The number of carbonyl (C=O) groups excluding carboxylic acids is 1. The van der Waals surface area contributed by atoms with Crippen molar-refractivity contribution in [2.45, 2.75) is 13.1 Å². The molecule has 0 atom stereocenters. The molecule has 2 N–H and O–H groups in total. The number of rotatable bonds is 6. The molecule has 8 heteroatoms.